The zero-order chi connectivity index (χ0) is 21.2. The van der Waals surface area contributed by atoms with E-state index in [-0.39, 0.29) is 5.91 Å². The first-order valence-corrected chi connectivity index (χ1v) is 9.67. The van der Waals surface area contributed by atoms with Crippen molar-refractivity contribution in [2.45, 2.75) is 6.61 Å². The van der Waals surface area contributed by atoms with E-state index in [1.54, 1.807) is 42.6 Å². The van der Waals surface area contributed by atoms with E-state index in [0.29, 0.717) is 35.3 Å². The first-order valence-electron chi connectivity index (χ1n) is 9.29. The number of carbonyl (C=O) groups is 1. The van der Waals surface area contributed by atoms with Crippen molar-refractivity contribution in [2.75, 3.05) is 6.61 Å². The maximum Gasteiger partial charge on any atom is 0.275 e. The molecule has 0 atom stereocenters. The summed E-state index contributed by atoms with van der Waals surface area (Å²) in [5.41, 5.74) is 4.67. The van der Waals surface area contributed by atoms with Crippen LogP contribution in [0.4, 0.5) is 0 Å². The summed E-state index contributed by atoms with van der Waals surface area (Å²) in [4.78, 5) is 12.6. The molecular weight excluding hydrogens is 400 g/mol. The van der Waals surface area contributed by atoms with Gasteiger partial charge in [0.25, 0.3) is 5.91 Å². The molecule has 30 heavy (non-hydrogen) atoms. The molecule has 1 amide bonds. The standard InChI is InChI=1S/C24H21ClN2O3/c1-2-14-29-21-7-5-6-19(15-21)16-26-27-24(28)22-8-3-4-9-23(22)30-17-18-10-12-20(25)13-11-18/h2-13,15-16H,1,14,17H2,(H,27,28)/b26-16-. The average molecular weight is 421 g/mol. The molecule has 0 heterocycles. The van der Waals surface area contributed by atoms with Gasteiger partial charge in [0.05, 0.1) is 11.8 Å². The summed E-state index contributed by atoms with van der Waals surface area (Å²) in [6, 6.07) is 21.7. The number of hydrazone groups is 1. The number of ether oxygens (including phenoxy) is 2. The zero-order valence-electron chi connectivity index (χ0n) is 16.3. The molecule has 0 aliphatic rings. The Kier molecular flexibility index (Phi) is 7.64. The first kappa shape index (κ1) is 21.1. The highest BCUT2D eigenvalue weighted by Crippen LogP contribution is 2.20. The Morgan fingerprint density at radius 3 is 2.63 bits per heavy atom. The molecule has 152 valence electrons. The predicted octanol–water partition coefficient (Wildman–Crippen LogP) is 5.25. The lowest BCUT2D eigenvalue weighted by Crippen LogP contribution is -2.18. The SMILES string of the molecule is C=CCOc1cccc(/C=N\NC(=O)c2ccccc2OCc2ccc(Cl)cc2)c1. The van der Waals surface area contributed by atoms with Crippen molar-refractivity contribution in [1.29, 1.82) is 0 Å². The fourth-order valence-electron chi connectivity index (χ4n) is 2.59. The van der Waals surface area contributed by atoms with Gasteiger partial charge in [0.15, 0.2) is 0 Å². The third-order valence-electron chi connectivity index (χ3n) is 4.04. The molecule has 0 aromatic heterocycles. The van der Waals surface area contributed by atoms with Crippen LogP contribution in [0.5, 0.6) is 11.5 Å². The van der Waals surface area contributed by atoms with E-state index < -0.39 is 0 Å². The van der Waals surface area contributed by atoms with Crippen molar-refractivity contribution in [3.8, 4) is 11.5 Å². The van der Waals surface area contributed by atoms with Crippen molar-refractivity contribution >= 4 is 23.7 Å². The van der Waals surface area contributed by atoms with Crippen LogP contribution in [0.15, 0.2) is 90.6 Å². The molecule has 3 aromatic rings. The van der Waals surface area contributed by atoms with Gasteiger partial charge in [-0.3, -0.25) is 4.79 Å². The maximum atomic E-state index is 12.6. The number of rotatable bonds is 9. The van der Waals surface area contributed by atoms with Crippen LogP contribution in [-0.2, 0) is 6.61 Å². The van der Waals surface area contributed by atoms with Gasteiger partial charge in [-0.25, -0.2) is 5.43 Å². The monoisotopic (exact) mass is 420 g/mol. The molecule has 6 heteroatoms. The molecule has 0 unspecified atom stereocenters. The minimum atomic E-state index is -0.364. The molecule has 3 aromatic carbocycles. The van der Waals surface area contributed by atoms with E-state index in [1.807, 2.05) is 42.5 Å². The van der Waals surface area contributed by atoms with Crippen LogP contribution in [0.1, 0.15) is 21.5 Å². The number of benzene rings is 3. The maximum absolute atomic E-state index is 12.6. The van der Waals surface area contributed by atoms with E-state index in [9.17, 15) is 4.79 Å². The zero-order valence-corrected chi connectivity index (χ0v) is 17.0. The summed E-state index contributed by atoms with van der Waals surface area (Å²) in [6.45, 7) is 4.36. The summed E-state index contributed by atoms with van der Waals surface area (Å²) in [5.74, 6) is 0.808. The van der Waals surface area contributed by atoms with Gasteiger partial charge in [-0.1, -0.05) is 60.7 Å². The molecule has 0 aliphatic carbocycles. The number of carbonyl (C=O) groups excluding carboxylic acids is 1. The third-order valence-corrected chi connectivity index (χ3v) is 4.30. The molecule has 0 fully saturated rings. The normalized spacial score (nSPS) is 10.6. The van der Waals surface area contributed by atoms with Crippen molar-refractivity contribution in [2.24, 2.45) is 5.10 Å². The van der Waals surface area contributed by atoms with Crippen LogP contribution < -0.4 is 14.9 Å². The molecule has 0 spiro atoms. The van der Waals surface area contributed by atoms with Crippen molar-refractivity contribution in [1.82, 2.24) is 5.43 Å². The number of para-hydroxylation sites is 1. The van der Waals surface area contributed by atoms with E-state index in [0.717, 1.165) is 11.1 Å². The average Bonchev–Trinajstić information content (AvgIpc) is 2.78. The van der Waals surface area contributed by atoms with Crippen LogP contribution in [0.3, 0.4) is 0 Å². The molecule has 0 radical (unpaired) electrons. The topological polar surface area (TPSA) is 59.9 Å². The number of nitrogens with zero attached hydrogens (tertiary/aromatic N) is 1. The Hall–Kier alpha value is -3.57. The summed E-state index contributed by atoms with van der Waals surface area (Å²) in [7, 11) is 0. The Balaban J connectivity index is 1.62. The molecule has 5 nitrogen and oxygen atoms in total. The van der Waals surface area contributed by atoms with Crippen molar-refractivity contribution < 1.29 is 14.3 Å². The van der Waals surface area contributed by atoms with E-state index >= 15 is 0 Å². The van der Waals surface area contributed by atoms with Crippen LogP contribution in [-0.4, -0.2) is 18.7 Å². The highest BCUT2D eigenvalue weighted by molar-refractivity contribution is 6.30. The lowest BCUT2D eigenvalue weighted by atomic mass is 10.2. The van der Waals surface area contributed by atoms with Gasteiger partial charge < -0.3 is 9.47 Å². The lowest BCUT2D eigenvalue weighted by Gasteiger charge is -2.10. The molecule has 0 saturated carbocycles. The molecule has 0 bridgehead atoms. The summed E-state index contributed by atoms with van der Waals surface area (Å²) >= 11 is 5.90. The number of nitrogens with one attached hydrogen (secondary N) is 1. The van der Waals surface area contributed by atoms with Gasteiger partial charge in [-0.15, -0.1) is 0 Å². The van der Waals surface area contributed by atoms with E-state index in [4.69, 9.17) is 21.1 Å². The van der Waals surface area contributed by atoms with Crippen LogP contribution in [0.2, 0.25) is 5.02 Å². The Labute approximate surface area is 180 Å². The Bertz CT molecular complexity index is 1030. The van der Waals surface area contributed by atoms with Crippen molar-refractivity contribution in [3.05, 3.63) is 107 Å². The highest BCUT2D eigenvalue weighted by atomic mass is 35.5. The molecule has 3 rings (SSSR count). The predicted molar refractivity (Wildman–Crippen MR) is 119 cm³/mol. The fourth-order valence-corrected chi connectivity index (χ4v) is 2.71. The van der Waals surface area contributed by atoms with Gasteiger partial charge in [0, 0.05) is 5.02 Å². The second-order valence-corrected chi connectivity index (χ2v) is 6.72. The van der Waals surface area contributed by atoms with Crippen LogP contribution in [0.25, 0.3) is 0 Å². The van der Waals surface area contributed by atoms with Gasteiger partial charge >= 0.3 is 0 Å². The van der Waals surface area contributed by atoms with Gasteiger partial charge in [-0.05, 0) is 47.5 Å². The van der Waals surface area contributed by atoms with E-state index in [1.165, 1.54) is 0 Å². The van der Waals surface area contributed by atoms with Gasteiger partial charge in [0.2, 0.25) is 0 Å². The second-order valence-electron chi connectivity index (χ2n) is 6.28. The minimum absolute atomic E-state index is 0.322. The summed E-state index contributed by atoms with van der Waals surface area (Å²) < 4.78 is 11.3. The third kappa shape index (κ3) is 6.22. The Morgan fingerprint density at radius 2 is 1.83 bits per heavy atom. The Morgan fingerprint density at radius 1 is 1.03 bits per heavy atom. The highest BCUT2D eigenvalue weighted by Gasteiger charge is 2.11. The molecular formula is C24H21ClN2O3. The fraction of sp³-hybridized carbons (Fsp3) is 0.0833. The van der Waals surface area contributed by atoms with Gasteiger partial charge in [0.1, 0.15) is 24.7 Å². The number of amides is 1. The molecule has 1 N–H and O–H groups in total. The first-order chi connectivity index (χ1) is 14.7. The van der Waals surface area contributed by atoms with Crippen LogP contribution >= 0.6 is 11.6 Å². The number of halogens is 1. The largest absolute Gasteiger partial charge is 0.490 e. The van der Waals surface area contributed by atoms with Crippen molar-refractivity contribution in [3.63, 3.8) is 0 Å². The number of hydrogen-bond donors (Lipinski definition) is 1. The van der Waals surface area contributed by atoms with Gasteiger partial charge in [-0.2, -0.15) is 5.10 Å². The minimum Gasteiger partial charge on any atom is -0.490 e. The van der Waals surface area contributed by atoms with E-state index in [2.05, 4.69) is 17.1 Å². The second kappa shape index (κ2) is 10.8. The molecule has 0 aliphatic heterocycles. The molecule has 0 saturated heterocycles. The number of hydrogen-bond acceptors (Lipinski definition) is 4. The smallest absolute Gasteiger partial charge is 0.275 e. The van der Waals surface area contributed by atoms with Crippen LogP contribution in [0, 0.1) is 0 Å². The summed E-state index contributed by atoms with van der Waals surface area (Å²) in [6.07, 6.45) is 3.23. The quantitative estimate of drug-likeness (QED) is 0.292. The summed E-state index contributed by atoms with van der Waals surface area (Å²) in [5, 5.41) is 4.70. The lowest BCUT2D eigenvalue weighted by molar-refractivity contribution is 0.0950.